The lowest BCUT2D eigenvalue weighted by Crippen LogP contribution is -2.11. The van der Waals surface area contributed by atoms with Gasteiger partial charge in [-0.3, -0.25) is 0 Å². The van der Waals surface area contributed by atoms with Crippen molar-refractivity contribution in [1.82, 2.24) is 0 Å². The Bertz CT molecular complexity index is 157. The molecule has 0 aromatic rings. The third kappa shape index (κ3) is 4.73. The quantitative estimate of drug-likeness (QED) is 0.495. The monoisotopic (exact) mass is 156 g/mol. The Morgan fingerprint density at radius 1 is 1.55 bits per heavy atom. The predicted molar refractivity (Wildman–Crippen MR) is 45.3 cm³/mol. The van der Waals surface area contributed by atoms with Gasteiger partial charge in [0.1, 0.15) is 6.29 Å². The summed E-state index contributed by atoms with van der Waals surface area (Å²) in [6.45, 7) is 5.68. The van der Waals surface area contributed by atoms with E-state index in [2.05, 4.69) is 0 Å². The third-order valence-corrected chi connectivity index (χ3v) is 1.55. The van der Waals surface area contributed by atoms with Gasteiger partial charge in [0.15, 0.2) is 0 Å². The Labute approximate surface area is 67.9 Å². The van der Waals surface area contributed by atoms with E-state index in [4.69, 9.17) is 5.11 Å². The summed E-state index contributed by atoms with van der Waals surface area (Å²) in [5.74, 6) is 0. The zero-order chi connectivity index (χ0) is 8.91. The number of allylic oxidation sites excluding steroid dienone is 1. The van der Waals surface area contributed by atoms with Crippen molar-refractivity contribution < 1.29 is 9.90 Å². The van der Waals surface area contributed by atoms with Gasteiger partial charge in [-0.05, 0) is 13.3 Å². The molecule has 2 heteroatoms. The molecule has 0 spiro atoms. The van der Waals surface area contributed by atoms with E-state index in [1.54, 1.807) is 0 Å². The molecule has 0 amide bonds. The maximum Gasteiger partial charge on any atom is 0.125 e. The van der Waals surface area contributed by atoms with Gasteiger partial charge >= 0.3 is 0 Å². The number of carbonyl (C=O) groups excluding carboxylic acids is 1. The van der Waals surface area contributed by atoms with Crippen molar-refractivity contribution in [3.05, 3.63) is 11.6 Å². The highest BCUT2D eigenvalue weighted by molar-refractivity contribution is 5.58. The zero-order valence-corrected chi connectivity index (χ0v) is 7.42. The number of aldehydes is 1. The van der Waals surface area contributed by atoms with E-state index in [0.717, 1.165) is 11.9 Å². The molecule has 0 atom stereocenters. The van der Waals surface area contributed by atoms with E-state index in [9.17, 15) is 4.79 Å². The summed E-state index contributed by atoms with van der Waals surface area (Å²) < 4.78 is 0. The zero-order valence-electron chi connectivity index (χ0n) is 7.42. The van der Waals surface area contributed by atoms with E-state index < -0.39 is 0 Å². The summed E-state index contributed by atoms with van der Waals surface area (Å²) in [6.07, 6.45) is 3.53. The summed E-state index contributed by atoms with van der Waals surface area (Å²) in [7, 11) is 0. The summed E-state index contributed by atoms with van der Waals surface area (Å²) >= 11 is 0. The second-order valence-corrected chi connectivity index (χ2v) is 3.52. The highest BCUT2D eigenvalue weighted by Gasteiger charge is 2.13. The standard InChI is InChI=1S/C9H16O2/c1-8(6-10)4-5-9(2,3)7-11/h4,7,10H,5-6H2,1-3H3/b8-4+. The SMILES string of the molecule is C/C(=C\CC(C)(C)C=O)CO. The van der Waals surface area contributed by atoms with Crippen LogP contribution in [-0.4, -0.2) is 18.0 Å². The second-order valence-electron chi connectivity index (χ2n) is 3.52. The van der Waals surface area contributed by atoms with Crippen LogP contribution in [-0.2, 0) is 4.79 Å². The molecule has 0 unspecified atom stereocenters. The highest BCUT2D eigenvalue weighted by atomic mass is 16.3. The maximum atomic E-state index is 10.4. The fraction of sp³-hybridized carbons (Fsp3) is 0.667. The normalized spacial score (nSPS) is 13.3. The molecule has 0 aliphatic rings. The van der Waals surface area contributed by atoms with Gasteiger partial charge in [-0.25, -0.2) is 0 Å². The smallest absolute Gasteiger partial charge is 0.125 e. The van der Waals surface area contributed by atoms with Crippen molar-refractivity contribution in [3.8, 4) is 0 Å². The average Bonchev–Trinajstić information content (AvgIpc) is 2.00. The molecule has 64 valence electrons. The van der Waals surface area contributed by atoms with Gasteiger partial charge in [0.05, 0.1) is 6.61 Å². The lowest BCUT2D eigenvalue weighted by molar-refractivity contribution is -0.114. The van der Waals surface area contributed by atoms with E-state index >= 15 is 0 Å². The number of rotatable bonds is 4. The van der Waals surface area contributed by atoms with Crippen LogP contribution >= 0.6 is 0 Å². The molecule has 0 aromatic heterocycles. The summed E-state index contributed by atoms with van der Waals surface area (Å²) in [4.78, 5) is 10.4. The Hall–Kier alpha value is -0.630. The highest BCUT2D eigenvalue weighted by Crippen LogP contribution is 2.17. The average molecular weight is 156 g/mol. The van der Waals surface area contributed by atoms with Crippen LogP contribution in [0.3, 0.4) is 0 Å². The molecule has 2 nitrogen and oxygen atoms in total. The van der Waals surface area contributed by atoms with Gasteiger partial charge in [0.25, 0.3) is 0 Å². The number of aliphatic hydroxyl groups is 1. The summed E-state index contributed by atoms with van der Waals surface area (Å²) in [5.41, 5.74) is 0.621. The van der Waals surface area contributed by atoms with Gasteiger partial charge < -0.3 is 9.90 Å². The molecule has 0 bridgehead atoms. The molecular weight excluding hydrogens is 140 g/mol. The molecule has 0 fully saturated rings. The molecule has 0 aliphatic carbocycles. The number of aliphatic hydroxyl groups excluding tert-OH is 1. The van der Waals surface area contributed by atoms with Crippen LogP contribution < -0.4 is 0 Å². The lowest BCUT2D eigenvalue weighted by Gasteiger charge is -2.13. The molecule has 0 saturated carbocycles. The van der Waals surface area contributed by atoms with E-state index in [1.165, 1.54) is 0 Å². The minimum absolute atomic E-state index is 0.0783. The first kappa shape index (κ1) is 10.4. The van der Waals surface area contributed by atoms with Crippen LogP contribution in [0.4, 0.5) is 0 Å². The molecule has 0 rings (SSSR count). The molecule has 1 N–H and O–H groups in total. The van der Waals surface area contributed by atoms with Gasteiger partial charge in [0.2, 0.25) is 0 Å². The first-order valence-corrected chi connectivity index (χ1v) is 3.74. The Kier molecular flexibility index (Phi) is 4.04. The minimum Gasteiger partial charge on any atom is -0.392 e. The summed E-state index contributed by atoms with van der Waals surface area (Å²) in [6, 6.07) is 0. The van der Waals surface area contributed by atoms with Crippen LogP contribution in [0.25, 0.3) is 0 Å². The van der Waals surface area contributed by atoms with Crippen molar-refractivity contribution in [2.75, 3.05) is 6.61 Å². The van der Waals surface area contributed by atoms with Crippen molar-refractivity contribution in [2.24, 2.45) is 5.41 Å². The van der Waals surface area contributed by atoms with Crippen LogP contribution in [0, 0.1) is 5.41 Å². The molecule has 0 heterocycles. The maximum absolute atomic E-state index is 10.4. The lowest BCUT2D eigenvalue weighted by atomic mass is 9.91. The first-order chi connectivity index (χ1) is 5.02. The van der Waals surface area contributed by atoms with Crippen LogP contribution in [0.5, 0.6) is 0 Å². The van der Waals surface area contributed by atoms with Crippen molar-refractivity contribution in [2.45, 2.75) is 27.2 Å². The molecule has 0 radical (unpaired) electrons. The van der Waals surface area contributed by atoms with Crippen LogP contribution in [0.15, 0.2) is 11.6 Å². The van der Waals surface area contributed by atoms with E-state index in [-0.39, 0.29) is 12.0 Å². The second kappa shape index (κ2) is 4.29. The molecule has 0 aromatic carbocycles. The van der Waals surface area contributed by atoms with Crippen LogP contribution in [0.1, 0.15) is 27.2 Å². The topological polar surface area (TPSA) is 37.3 Å². The largest absolute Gasteiger partial charge is 0.392 e. The first-order valence-electron chi connectivity index (χ1n) is 3.74. The van der Waals surface area contributed by atoms with Gasteiger partial charge in [-0.1, -0.05) is 25.5 Å². The molecule has 11 heavy (non-hydrogen) atoms. The summed E-state index contributed by atoms with van der Waals surface area (Å²) in [5, 5.41) is 8.65. The number of hydrogen-bond acceptors (Lipinski definition) is 2. The Morgan fingerprint density at radius 2 is 2.09 bits per heavy atom. The molecule has 0 aliphatic heterocycles. The Balaban J connectivity index is 3.96. The van der Waals surface area contributed by atoms with E-state index in [0.29, 0.717) is 6.42 Å². The van der Waals surface area contributed by atoms with Crippen molar-refractivity contribution in [3.63, 3.8) is 0 Å². The van der Waals surface area contributed by atoms with Crippen molar-refractivity contribution >= 4 is 6.29 Å². The van der Waals surface area contributed by atoms with Gasteiger partial charge in [-0.2, -0.15) is 0 Å². The Morgan fingerprint density at radius 3 is 2.45 bits per heavy atom. The fourth-order valence-corrected chi connectivity index (χ4v) is 0.550. The predicted octanol–water partition coefficient (Wildman–Crippen LogP) is 1.54. The van der Waals surface area contributed by atoms with Gasteiger partial charge in [0, 0.05) is 5.41 Å². The number of hydrogen-bond donors (Lipinski definition) is 1. The molecular formula is C9H16O2. The molecule has 0 saturated heterocycles. The van der Waals surface area contributed by atoms with Crippen LogP contribution in [0.2, 0.25) is 0 Å². The van der Waals surface area contributed by atoms with E-state index in [1.807, 2.05) is 26.8 Å². The van der Waals surface area contributed by atoms with Gasteiger partial charge in [-0.15, -0.1) is 0 Å². The minimum atomic E-state index is -0.295. The van der Waals surface area contributed by atoms with Crippen molar-refractivity contribution in [1.29, 1.82) is 0 Å². The fourth-order valence-electron chi connectivity index (χ4n) is 0.550. The number of carbonyl (C=O) groups is 1. The third-order valence-electron chi connectivity index (χ3n) is 1.55.